The molecule has 0 aliphatic carbocycles. The van der Waals surface area contributed by atoms with Crippen molar-refractivity contribution >= 4 is 21.8 Å². The van der Waals surface area contributed by atoms with Crippen molar-refractivity contribution in [3.05, 3.63) is 33.8 Å². The minimum Gasteiger partial charge on any atom is -0.351 e. The first kappa shape index (κ1) is 11.6. The standard InChI is InChI=1S/C13H16BrNO/c1-9-7-10(3-4-11(9)14)8-13(2)6-5-12(16)15-13/h3-4,7H,5-6,8H2,1-2H3,(H,15,16). The molecule has 2 nitrogen and oxygen atoms in total. The quantitative estimate of drug-likeness (QED) is 0.887. The van der Waals surface area contributed by atoms with E-state index in [1.807, 2.05) is 0 Å². The van der Waals surface area contributed by atoms with Crippen LogP contribution in [-0.2, 0) is 11.2 Å². The Morgan fingerprint density at radius 2 is 2.25 bits per heavy atom. The maximum absolute atomic E-state index is 11.3. The lowest BCUT2D eigenvalue weighted by Gasteiger charge is -2.24. The third-order valence-electron chi connectivity index (χ3n) is 3.16. The Hall–Kier alpha value is -0.830. The monoisotopic (exact) mass is 281 g/mol. The van der Waals surface area contributed by atoms with Crippen molar-refractivity contribution in [1.82, 2.24) is 5.32 Å². The van der Waals surface area contributed by atoms with Crippen molar-refractivity contribution in [3.8, 4) is 0 Å². The van der Waals surface area contributed by atoms with Crippen LogP contribution in [0.2, 0.25) is 0 Å². The van der Waals surface area contributed by atoms with Crippen LogP contribution in [0.25, 0.3) is 0 Å². The summed E-state index contributed by atoms with van der Waals surface area (Å²) in [6, 6.07) is 6.37. The molecular weight excluding hydrogens is 266 g/mol. The molecule has 1 aromatic rings. The van der Waals surface area contributed by atoms with E-state index in [4.69, 9.17) is 0 Å². The van der Waals surface area contributed by atoms with Crippen molar-refractivity contribution in [2.75, 3.05) is 0 Å². The molecule has 1 aliphatic rings. The third kappa shape index (κ3) is 2.46. The summed E-state index contributed by atoms with van der Waals surface area (Å²) in [4.78, 5) is 11.3. The Morgan fingerprint density at radius 3 is 2.81 bits per heavy atom. The zero-order valence-corrected chi connectivity index (χ0v) is 11.2. The lowest BCUT2D eigenvalue weighted by molar-refractivity contribution is -0.119. The SMILES string of the molecule is Cc1cc(CC2(C)CCC(=O)N2)ccc1Br. The van der Waals surface area contributed by atoms with Gasteiger partial charge in [-0.05, 0) is 43.9 Å². The minimum absolute atomic E-state index is 0.0582. The highest BCUT2D eigenvalue weighted by Crippen LogP contribution is 2.26. The highest BCUT2D eigenvalue weighted by atomic mass is 79.9. The summed E-state index contributed by atoms with van der Waals surface area (Å²) in [6.07, 6.45) is 2.50. The van der Waals surface area contributed by atoms with E-state index in [-0.39, 0.29) is 11.4 Å². The van der Waals surface area contributed by atoms with Crippen LogP contribution in [0.5, 0.6) is 0 Å². The predicted octanol–water partition coefficient (Wildman–Crippen LogP) is 2.97. The van der Waals surface area contributed by atoms with E-state index in [1.54, 1.807) is 0 Å². The average Bonchev–Trinajstić information content (AvgIpc) is 2.52. The number of benzene rings is 1. The first-order valence-corrected chi connectivity index (χ1v) is 6.34. The maximum atomic E-state index is 11.3. The molecule has 1 N–H and O–H groups in total. The van der Waals surface area contributed by atoms with Crippen LogP contribution < -0.4 is 5.32 Å². The number of rotatable bonds is 2. The van der Waals surface area contributed by atoms with Crippen molar-refractivity contribution in [1.29, 1.82) is 0 Å². The molecule has 1 fully saturated rings. The normalized spacial score (nSPS) is 24.6. The molecule has 0 radical (unpaired) electrons. The first-order chi connectivity index (χ1) is 7.48. The van der Waals surface area contributed by atoms with E-state index in [0.717, 1.165) is 17.3 Å². The van der Waals surface area contributed by atoms with E-state index in [0.29, 0.717) is 6.42 Å². The van der Waals surface area contributed by atoms with Gasteiger partial charge in [-0.3, -0.25) is 4.79 Å². The van der Waals surface area contributed by atoms with Gasteiger partial charge in [-0.1, -0.05) is 28.1 Å². The summed E-state index contributed by atoms with van der Waals surface area (Å²) >= 11 is 3.50. The summed E-state index contributed by atoms with van der Waals surface area (Å²) in [5.74, 6) is 0.177. The van der Waals surface area contributed by atoms with Gasteiger partial charge in [0.1, 0.15) is 0 Å². The molecule has 2 rings (SSSR count). The van der Waals surface area contributed by atoms with Crippen LogP contribution in [0.3, 0.4) is 0 Å². The number of hydrogen-bond donors (Lipinski definition) is 1. The highest BCUT2D eigenvalue weighted by molar-refractivity contribution is 9.10. The second-order valence-corrected chi connectivity index (χ2v) is 5.72. The van der Waals surface area contributed by atoms with Gasteiger partial charge in [0.25, 0.3) is 0 Å². The van der Waals surface area contributed by atoms with Gasteiger partial charge in [0.05, 0.1) is 0 Å². The van der Waals surface area contributed by atoms with Gasteiger partial charge >= 0.3 is 0 Å². The zero-order valence-electron chi connectivity index (χ0n) is 9.64. The first-order valence-electron chi connectivity index (χ1n) is 5.55. The van der Waals surface area contributed by atoms with Crippen LogP contribution in [0.1, 0.15) is 30.9 Å². The second-order valence-electron chi connectivity index (χ2n) is 4.87. The molecule has 3 heteroatoms. The fraction of sp³-hybridized carbons (Fsp3) is 0.462. The van der Waals surface area contributed by atoms with E-state index >= 15 is 0 Å². The van der Waals surface area contributed by atoms with Gasteiger partial charge in [0.2, 0.25) is 5.91 Å². The Balaban J connectivity index is 2.14. The fourth-order valence-corrected chi connectivity index (χ4v) is 2.50. The van der Waals surface area contributed by atoms with Gasteiger partial charge in [0, 0.05) is 16.4 Å². The molecule has 1 unspecified atom stereocenters. The zero-order chi connectivity index (χ0) is 11.8. The topological polar surface area (TPSA) is 29.1 Å². The van der Waals surface area contributed by atoms with Crippen LogP contribution in [0.15, 0.2) is 22.7 Å². The minimum atomic E-state index is -0.0582. The summed E-state index contributed by atoms with van der Waals surface area (Å²) in [5.41, 5.74) is 2.47. The molecule has 1 heterocycles. The van der Waals surface area contributed by atoms with Gasteiger partial charge < -0.3 is 5.32 Å². The number of amides is 1. The van der Waals surface area contributed by atoms with Gasteiger partial charge in [0.15, 0.2) is 0 Å². The smallest absolute Gasteiger partial charge is 0.220 e. The van der Waals surface area contributed by atoms with E-state index in [1.165, 1.54) is 11.1 Å². The van der Waals surface area contributed by atoms with Crippen molar-refractivity contribution in [2.45, 2.75) is 38.6 Å². The summed E-state index contributed by atoms with van der Waals surface area (Å²) in [7, 11) is 0. The average molecular weight is 282 g/mol. The Morgan fingerprint density at radius 1 is 1.50 bits per heavy atom. The van der Waals surface area contributed by atoms with Gasteiger partial charge in [-0.15, -0.1) is 0 Å². The summed E-state index contributed by atoms with van der Waals surface area (Å²) in [5, 5.41) is 3.06. The Kier molecular flexibility index (Phi) is 3.06. The van der Waals surface area contributed by atoms with Gasteiger partial charge in [-0.25, -0.2) is 0 Å². The van der Waals surface area contributed by atoms with Crippen LogP contribution in [-0.4, -0.2) is 11.4 Å². The lowest BCUT2D eigenvalue weighted by atomic mass is 9.91. The molecule has 1 aliphatic heterocycles. The van der Waals surface area contributed by atoms with E-state index in [9.17, 15) is 4.79 Å². The molecule has 1 amide bonds. The van der Waals surface area contributed by atoms with Crippen LogP contribution >= 0.6 is 15.9 Å². The van der Waals surface area contributed by atoms with Crippen molar-refractivity contribution in [3.63, 3.8) is 0 Å². The molecule has 1 aromatic carbocycles. The number of carbonyl (C=O) groups is 1. The third-order valence-corrected chi connectivity index (χ3v) is 4.05. The molecule has 16 heavy (non-hydrogen) atoms. The predicted molar refractivity (Wildman–Crippen MR) is 68.4 cm³/mol. The number of aryl methyl sites for hydroxylation is 1. The Labute approximate surface area is 105 Å². The number of halogens is 1. The summed E-state index contributed by atoms with van der Waals surface area (Å²) in [6.45, 7) is 4.21. The van der Waals surface area contributed by atoms with Crippen LogP contribution in [0.4, 0.5) is 0 Å². The molecule has 1 saturated heterocycles. The molecular formula is C13H16BrNO. The van der Waals surface area contributed by atoms with Crippen molar-refractivity contribution < 1.29 is 4.79 Å². The number of hydrogen-bond acceptors (Lipinski definition) is 1. The van der Waals surface area contributed by atoms with Crippen molar-refractivity contribution in [2.24, 2.45) is 0 Å². The fourth-order valence-electron chi connectivity index (χ4n) is 2.25. The molecule has 0 spiro atoms. The second kappa shape index (κ2) is 4.21. The summed E-state index contributed by atoms with van der Waals surface area (Å²) < 4.78 is 1.14. The lowest BCUT2D eigenvalue weighted by Crippen LogP contribution is -2.40. The molecule has 0 saturated carbocycles. The van der Waals surface area contributed by atoms with Crippen LogP contribution in [0, 0.1) is 6.92 Å². The number of nitrogens with one attached hydrogen (secondary N) is 1. The maximum Gasteiger partial charge on any atom is 0.220 e. The van der Waals surface area contributed by atoms with Gasteiger partial charge in [-0.2, -0.15) is 0 Å². The van der Waals surface area contributed by atoms with E-state index < -0.39 is 0 Å². The molecule has 0 aromatic heterocycles. The molecule has 1 atom stereocenters. The number of carbonyl (C=O) groups excluding carboxylic acids is 1. The molecule has 86 valence electrons. The largest absolute Gasteiger partial charge is 0.351 e. The van der Waals surface area contributed by atoms with E-state index in [2.05, 4.69) is 53.3 Å². The Bertz CT molecular complexity index is 430. The molecule has 0 bridgehead atoms. The highest BCUT2D eigenvalue weighted by Gasteiger charge is 2.32.